The molecule has 0 radical (unpaired) electrons. The van der Waals surface area contributed by atoms with Crippen LogP contribution in [0.15, 0.2) is 45.8 Å². The Morgan fingerprint density at radius 1 is 1.14 bits per heavy atom. The summed E-state index contributed by atoms with van der Waals surface area (Å²) in [7, 11) is 0. The molecular formula is C26H30N6O4. The number of tetrazole rings is 1. The molecule has 3 aromatic heterocycles. The SMILES string of the molecule is CC(C)[C@@H](c1nnnn1C1CCCC1)N(Cc1ccco1)Cc1cc2cc3c(cc2[nH]c1=O)OCO3. The van der Waals surface area contributed by atoms with E-state index in [0.717, 1.165) is 35.3 Å². The Morgan fingerprint density at radius 2 is 1.94 bits per heavy atom. The van der Waals surface area contributed by atoms with E-state index in [-0.39, 0.29) is 24.3 Å². The summed E-state index contributed by atoms with van der Waals surface area (Å²) in [4.78, 5) is 18.5. The lowest BCUT2D eigenvalue weighted by Crippen LogP contribution is -2.35. The fraction of sp³-hybridized carbons (Fsp3) is 0.462. The molecule has 0 saturated heterocycles. The van der Waals surface area contributed by atoms with E-state index >= 15 is 0 Å². The van der Waals surface area contributed by atoms with Gasteiger partial charge < -0.3 is 18.9 Å². The van der Waals surface area contributed by atoms with Gasteiger partial charge in [0.2, 0.25) is 6.79 Å². The van der Waals surface area contributed by atoms with Crippen molar-refractivity contribution < 1.29 is 13.9 Å². The van der Waals surface area contributed by atoms with Crippen molar-refractivity contribution >= 4 is 10.9 Å². The number of nitrogens with zero attached hydrogens (tertiary/aromatic N) is 5. The first-order valence-corrected chi connectivity index (χ1v) is 12.6. The lowest BCUT2D eigenvalue weighted by Gasteiger charge is -2.33. The van der Waals surface area contributed by atoms with Crippen molar-refractivity contribution in [3.05, 3.63) is 64.1 Å². The summed E-state index contributed by atoms with van der Waals surface area (Å²) in [5.41, 5.74) is 1.23. The van der Waals surface area contributed by atoms with Crippen LogP contribution in [0.3, 0.4) is 0 Å². The van der Waals surface area contributed by atoms with E-state index in [1.54, 1.807) is 6.26 Å². The van der Waals surface area contributed by atoms with E-state index in [9.17, 15) is 4.79 Å². The molecule has 1 saturated carbocycles. The van der Waals surface area contributed by atoms with Crippen molar-refractivity contribution in [1.82, 2.24) is 30.1 Å². The second-order valence-electron chi connectivity index (χ2n) is 10.0. The van der Waals surface area contributed by atoms with Crippen LogP contribution >= 0.6 is 0 Å². The zero-order chi connectivity index (χ0) is 24.6. The van der Waals surface area contributed by atoms with Crippen LogP contribution in [0.5, 0.6) is 11.5 Å². The number of ether oxygens (including phenoxy) is 2. The molecule has 0 bridgehead atoms. The minimum atomic E-state index is -0.135. The van der Waals surface area contributed by atoms with Crippen LogP contribution in [0.2, 0.25) is 0 Å². The average Bonchev–Trinajstić information content (AvgIpc) is 3.65. The minimum Gasteiger partial charge on any atom is -0.468 e. The first-order valence-electron chi connectivity index (χ1n) is 12.6. The summed E-state index contributed by atoms with van der Waals surface area (Å²) < 4.78 is 18.7. The van der Waals surface area contributed by atoms with Gasteiger partial charge in [0.05, 0.1) is 30.4 Å². The molecule has 1 aliphatic carbocycles. The Morgan fingerprint density at radius 3 is 2.69 bits per heavy atom. The van der Waals surface area contributed by atoms with E-state index < -0.39 is 0 Å². The van der Waals surface area contributed by atoms with Gasteiger partial charge in [-0.05, 0) is 53.5 Å². The van der Waals surface area contributed by atoms with Gasteiger partial charge in [-0.3, -0.25) is 9.69 Å². The summed E-state index contributed by atoms with van der Waals surface area (Å²) >= 11 is 0. The van der Waals surface area contributed by atoms with E-state index in [1.807, 2.05) is 35.0 Å². The van der Waals surface area contributed by atoms with Crippen molar-refractivity contribution in [1.29, 1.82) is 0 Å². The molecule has 1 N–H and O–H groups in total. The van der Waals surface area contributed by atoms with Gasteiger partial charge in [-0.25, -0.2) is 4.68 Å². The highest BCUT2D eigenvalue weighted by molar-refractivity contribution is 5.83. The Balaban J connectivity index is 1.39. The number of H-pyrrole nitrogens is 1. The van der Waals surface area contributed by atoms with Crippen molar-refractivity contribution in [3.8, 4) is 11.5 Å². The molecule has 1 atom stereocenters. The number of hydrogen-bond acceptors (Lipinski definition) is 8. The molecule has 1 aliphatic heterocycles. The predicted octanol–water partition coefficient (Wildman–Crippen LogP) is 4.35. The van der Waals surface area contributed by atoms with Crippen molar-refractivity contribution in [3.63, 3.8) is 0 Å². The second-order valence-corrected chi connectivity index (χ2v) is 10.0. The van der Waals surface area contributed by atoms with Crippen molar-refractivity contribution in [2.75, 3.05) is 6.79 Å². The number of benzene rings is 1. The summed E-state index contributed by atoms with van der Waals surface area (Å²) in [6.45, 7) is 5.44. The lowest BCUT2D eigenvalue weighted by atomic mass is 9.99. The maximum atomic E-state index is 13.2. The molecule has 0 amide bonds. The Bertz CT molecular complexity index is 1400. The molecule has 1 fully saturated rings. The zero-order valence-corrected chi connectivity index (χ0v) is 20.5. The topological polar surface area (TPSA) is 111 Å². The van der Waals surface area contributed by atoms with Gasteiger partial charge in [0.15, 0.2) is 17.3 Å². The van der Waals surface area contributed by atoms with Crippen LogP contribution in [-0.2, 0) is 13.1 Å². The Hall–Kier alpha value is -3.66. The standard InChI is InChI=1S/C26H30N6O4/c1-16(2)24(25-28-29-30-32(25)19-6-3-4-7-19)31(14-20-8-5-9-34-20)13-18-10-17-11-22-23(36-15-35-22)12-21(17)27-26(18)33/h5,8-12,16,19,24H,3-4,6-7,13-15H2,1-2H3,(H,27,33)/t24-/m0/s1. The molecular weight excluding hydrogens is 460 g/mol. The van der Waals surface area contributed by atoms with E-state index in [0.29, 0.717) is 36.2 Å². The van der Waals surface area contributed by atoms with Gasteiger partial charge >= 0.3 is 0 Å². The smallest absolute Gasteiger partial charge is 0.252 e. The number of nitrogens with one attached hydrogen (secondary N) is 1. The van der Waals surface area contributed by atoms with Crippen LogP contribution in [0.25, 0.3) is 10.9 Å². The molecule has 10 nitrogen and oxygen atoms in total. The van der Waals surface area contributed by atoms with Gasteiger partial charge in [0.25, 0.3) is 5.56 Å². The van der Waals surface area contributed by atoms with E-state index in [4.69, 9.17) is 13.9 Å². The maximum absolute atomic E-state index is 13.2. The van der Waals surface area contributed by atoms with Crippen molar-refractivity contribution in [2.24, 2.45) is 5.92 Å². The number of hydrogen-bond donors (Lipinski definition) is 1. The van der Waals surface area contributed by atoms with Gasteiger partial charge in [-0.1, -0.05) is 26.7 Å². The zero-order valence-electron chi connectivity index (χ0n) is 20.5. The number of pyridine rings is 1. The fourth-order valence-electron chi connectivity index (χ4n) is 5.52. The van der Waals surface area contributed by atoms with E-state index in [1.165, 1.54) is 12.8 Å². The predicted molar refractivity (Wildman–Crippen MR) is 132 cm³/mol. The number of aromatic amines is 1. The largest absolute Gasteiger partial charge is 0.468 e. The minimum absolute atomic E-state index is 0.113. The molecule has 4 heterocycles. The van der Waals surface area contributed by atoms with Gasteiger partial charge in [-0.2, -0.15) is 0 Å². The molecule has 0 spiro atoms. The molecule has 10 heteroatoms. The average molecular weight is 491 g/mol. The highest BCUT2D eigenvalue weighted by Crippen LogP contribution is 2.37. The first kappa shape index (κ1) is 22.8. The maximum Gasteiger partial charge on any atom is 0.252 e. The second kappa shape index (κ2) is 9.42. The van der Waals surface area contributed by atoms with Crippen LogP contribution < -0.4 is 15.0 Å². The monoisotopic (exact) mass is 490 g/mol. The lowest BCUT2D eigenvalue weighted by molar-refractivity contribution is 0.114. The summed E-state index contributed by atoms with van der Waals surface area (Å²) in [5, 5.41) is 13.9. The highest BCUT2D eigenvalue weighted by atomic mass is 16.7. The number of rotatable bonds is 8. The first-order chi connectivity index (χ1) is 17.6. The van der Waals surface area contributed by atoms with E-state index in [2.05, 4.69) is 39.3 Å². The number of fused-ring (bicyclic) bond motifs is 2. The molecule has 4 aromatic rings. The third-order valence-corrected chi connectivity index (χ3v) is 7.21. The third-order valence-electron chi connectivity index (χ3n) is 7.21. The van der Waals surface area contributed by atoms with Gasteiger partial charge in [-0.15, -0.1) is 5.10 Å². The van der Waals surface area contributed by atoms with Crippen LogP contribution in [0, 0.1) is 5.92 Å². The summed E-state index contributed by atoms with van der Waals surface area (Å²) in [5.74, 6) is 3.18. The molecule has 1 aromatic carbocycles. The molecule has 2 aliphatic rings. The Labute approximate surface area is 208 Å². The summed E-state index contributed by atoms with van der Waals surface area (Å²) in [6, 6.07) is 9.70. The van der Waals surface area contributed by atoms with Gasteiger partial charge in [0.1, 0.15) is 5.76 Å². The van der Waals surface area contributed by atoms with Gasteiger partial charge in [0, 0.05) is 23.6 Å². The molecule has 36 heavy (non-hydrogen) atoms. The summed E-state index contributed by atoms with van der Waals surface area (Å²) in [6.07, 6.45) is 6.23. The number of furan rings is 1. The van der Waals surface area contributed by atoms with Crippen molar-refractivity contribution in [2.45, 2.75) is 64.7 Å². The molecule has 188 valence electrons. The van der Waals surface area contributed by atoms with Crippen LogP contribution in [0.4, 0.5) is 0 Å². The molecule has 6 rings (SSSR count). The Kier molecular flexibility index (Phi) is 5.96. The van der Waals surface area contributed by atoms with Crippen LogP contribution in [0.1, 0.15) is 68.8 Å². The van der Waals surface area contributed by atoms with Crippen LogP contribution in [-0.4, -0.2) is 36.9 Å². The fourth-order valence-corrected chi connectivity index (χ4v) is 5.52. The third kappa shape index (κ3) is 4.26. The normalized spacial score (nSPS) is 16.6. The molecule has 0 unspecified atom stereocenters. The quantitative estimate of drug-likeness (QED) is 0.388. The highest BCUT2D eigenvalue weighted by Gasteiger charge is 2.33. The number of aromatic nitrogens is 5.